The van der Waals surface area contributed by atoms with Crippen molar-refractivity contribution in [3.05, 3.63) is 123 Å². The fraction of sp³-hybridized carbons (Fsp3) is 0.383. The normalized spacial score (nSPS) is 19.2. The van der Waals surface area contributed by atoms with Crippen LogP contribution in [0.25, 0.3) is 22.0 Å². The lowest BCUT2D eigenvalue weighted by atomic mass is 9.87. The number of pyridine rings is 1. The van der Waals surface area contributed by atoms with Gasteiger partial charge in [0.1, 0.15) is 24.2 Å². The summed E-state index contributed by atoms with van der Waals surface area (Å²) in [5, 5.41) is 0.919. The third-order valence-electron chi connectivity index (χ3n) is 12.8. The highest BCUT2D eigenvalue weighted by molar-refractivity contribution is 6.03. The second kappa shape index (κ2) is 17.8. The molecule has 0 aliphatic carbocycles. The van der Waals surface area contributed by atoms with Crippen molar-refractivity contribution in [3.63, 3.8) is 0 Å². The molecule has 61 heavy (non-hydrogen) atoms. The number of alkyl halides is 2. The SMILES string of the molecule is Cc1cc2c(cc1C(=O)N(C=O)C(C=O)CCC=O)CN(C1CCN(Cc3ccc(-c4cc(F)c(C5c6[nH]c7ccccc7c6C[C@@H](C)N5CC(F)F)c(F)c4)cn3)CC1)C2. The number of carbonyl (C=O) groups is 4. The molecule has 318 valence electrons. The van der Waals surface area contributed by atoms with Crippen molar-refractivity contribution in [2.75, 3.05) is 19.6 Å². The van der Waals surface area contributed by atoms with Crippen molar-refractivity contribution < 1.29 is 36.7 Å². The number of carbonyl (C=O) groups excluding carboxylic acids is 4. The Hall–Kier alpha value is -5.57. The summed E-state index contributed by atoms with van der Waals surface area (Å²) in [5.74, 6) is -2.18. The van der Waals surface area contributed by atoms with Gasteiger partial charge < -0.3 is 14.6 Å². The lowest BCUT2D eigenvalue weighted by Gasteiger charge is -2.41. The maximum absolute atomic E-state index is 16.2. The molecule has 1 saturated heterocycles. The minimum absolute atomic E-state index is 0.0614. The molecule has 0 spiro atoms. The van der Waals surface area contributed by atoms with Gasteiger partial charge >= 0.3 is 0 Å². The van der Waals surface area contributed by atoms with Crippen LogP contribution in [-0.2, 0) is 40.4 Å². The number of likely N-dealkylation sites (tertiary alicyclic amines) is 1. The number of imide groups is 1. The van der Waals surface area contributed by atoms with E-state index < -0.39 is 42.6 Å². The molecule has 8 rings (SSSR count). The highest BCUT2D eigenvalue weighted by Crippen LogP contribution is 2.43. The first-order chi connectivity index (χ1) is 29.5. The van der Waals surface area contributed by atoms with E-state index in [1.807, 2.05) is 56.3 Å². The number of para-hydroxylation sites is 1. The Balaban J connectivity index is 0.908. The van der Waals surface area contributed by atoms with Gasteiger partial charge in [0.05, 0.1) is 24.3 Å². The smallest absolute Gasteiger partial charge is 0.261 e. The van der Waals surface area contributed by atoms with Gasteiger partial charge in [-0.05, 0) is 97.7 Å². The van der Waals surface area contributed by atoms with E-state index in [4.69, 9.17) is 0 Å². The third-order valence-corrected chi connectivity index (χ3v) is 12.8. The third kappa shape index (κ3) is 8.40. The summed E-state index contributed by atoms with van der Waals surface area (Å²) in [7, 11) is 0. The van der Waals surface area contributed by atoms with Crippen molar-refractivity contribution in [3.8, 4) is 11.1 Å². The number of halogens is 4. The summed E-state index contributed by atoms with van der Waals surface area (Å²) in [5.41, 5.74) is 6.83. The first-order valence-corrected chi connectivity index (χ1v) is 20.8. The van der Waals surface area contributed by atoms with Gasteiger partial charge in [0, 0.05) is 90.7 Å². The first kappa shape index (κ1) is 42.1. The number of aromatic nitrogens is 2. The van der Waals surface area contributed by atoms with E-state index in [9.17, 15) is 28.0 Å². The molecule has 1 N–H and O–H groups in total. The molecule has 3 aromatic carbocycles. The minimum Gasteiger partial charge on any atom is -0.357 e. The molecular weight excluding hydrogens is 789 g/mol. The summed E-state index contributed by atoms with van der Waals surface area (Å²) in [4.78, 5) is 62.8. The zero-order valence-electron chi connectivity index (χ0n) is 34.1. The Kier molecular flexibility index (Phi) is 12.3. The van der Waals surface area contributed by atoms with Crippen molar-refractivity contribution in [2.45, 2.75) is 96.2 Å². The number of piperidine rings is 1. The van der Waals surface area contributed by atoms with E-state index in [1.54, 1.807) is 12.3 Å². The molecule has 1 fully saturated rings. The number of hydrogen-bond donors (Lipinski definition) is 1. The zero-order chi connectivity index (χ0) is 42.9. The molecule has 0 saturated carbocycles. The molecule has 14 heteroatoms. The molecule has 0 radical (unpaired) electrons. The maximum Gasteiger partial charge on any atom is 0.261 e. The van der Waals surface area contributed by atoms with Gasteiger partial charge in [-0.1, -0.05) is 30.3 Å². The summed E-state index contributed by atoms with van der Waals surface area (Å²) >= 11 is 0. The Morgan fingerprint density at radius 1 is 0.967 bits per heavy atom. The van der Waals surface area contributed by atoms with Crippen molar-refractivity contribution in [2.24, 2.45) is 0 Å². The average Bonchev–Trinajstić information content (AvgIpc) is 3.84. The van der Waals surface area contributed by atoms with Crippen LogP contribution in [0.1, 0.15) is 88.2 Å². The number of benzene rings is 3. The van der Waals surface area contributed by atoms with Crippen molar-refractivity contribution in [1.29, 1.82) is 0 Å². The van der Waals surface area contributed by atoms with Crippen molar-refractivity contribution >= 4 is 35.8 Å². The highest BCUT2D eigenvalue weighted by atomic mass is 19.3. The number of nitrogens with zero attached hydrogens (tertiary/aromatic N) is 5. The van der Waals surface area contributed by atoms with Crippen LogP contribution in [0.5, 0.6) is 0 Å². The summed E-state index contributed by atoms with van der Waals surface area (Å²) in [6.07, 6.45) is 2.93. The van der Waals surface area contributed by atoms with Gasteiger partial charge in [-0.25, -0.2) is 17.6 Å². The van der Waals surface area contributed by atoms with Crippen molar-refractivity contribution in [1.82, 2.24) is 29.6 Å². The topological polar surface area (TPSA) is 110 Å². The van der Waals surface area contributed by atoms with Crippen LogP contribution in [0.3, 0.4) is 0 Å². The van der Waals surface area contributed by atoms with Crippen LogP contribution in [0.2, 0.25) is 0 Å². The summed E-state index contributed by atoms with van der Waals surface area (Å²) < 4.78 is 60.2. The molecular formula is C47H48F4N6O4. The van der Waals surface area contributed by atoms with Gasteiger partial charge in [0.15, 0.2) is 0 Å². The van der Waals surface area contributed by atoms with E-state index in [2.05, 4.69) is 19.8 Å². The fourth-order valence-corrected chi connectivity index (χ4v) is 9.65. The van der Waals surface area contributed by atoms with E-state index in [0.717, 1.165) is 76.2 Å². The molecule has 10 nitrogen and oxygen atoms in total. The van der Waals surface area contributed by atoms with Crippen LogP contribution in [0.4, 0.5) is 17.6 Å². The van der Waals surface area contributed by atoms with Crippen LogP contribution in [-0.4, -0.2) is 98.6 Å². The molecule has 2 amide bonds. The Morgan fingerprint density at radius 3 is 2.34 bits per heavy atom. The largest absolute Gasteiger partial charge is 0.357 e. The van der Waals surface area contributed by atoms with Gasteiger partial charge in [0.2, 0.25) is 6.41 Å². The van der Waals surface area contributed by atoms with Gasteiger partial charge in [0.25, 0.3) is 12.3 Å². The number of aldehydes is 2. The predicted molar refractivity (Wildman–Crippen MR) is 222 cm³/mol. The lowest BCUT2D eigenvalue weighted by molar-refractivity contribution is -0.123. The number of nitrogens with one attached hydrogen (secondary N) is 1. The van der Waals surface area contributed by atoms with Crippen LogP contribution in [0, 0.1) is 18.6 Å². The monoisotopic (exact) mass is 836 g/mol. The molecule has 0 bridgehead atoms. The first-order valence-electron chi connectivity index (χ1n) is 20.8. The predicted octanol–water partition coefficient (Wildman–Crippen LogP) is 7.54. The molecule has 2 aromatic heterocycles. The Morgan fingerprint density at radius 2 is 1.69 bits per heavy atom. The maximum atomic E-state index is 16.2. The molecule has 3 aliphatic heterocycles. The number of hydrogen-bond acceptors (Lipinski definition) is 8. The van der Waals surface area contributed by atoms with Crippen LogP contribution in [0.15, 0.2) is 66.9 Å². The zero-order valence-corrected chi connectivity index (χ0v) is 34.1. The molecule has 5 aromatic rings. The van der Waals surface area contributed by atoms with Gasteiger partial charge in [-0.3, -0.25) is 34.2 Å². The molecule has 3 aliphatic rings. The molecule has 3 atom stereocenters. The number of rotatable bonds is 14. The number of aromatic amines is 1. The lowest BCUT2D eigenvalue weighted by Crippen LogP contribution is -2.45. The second-order valence-corrected chi connectivity index (χ2v) is 16.6. The second-order valence-electron chi connectivity index (χ2n) is 16.6. The van der Waals surface area contributed by atoms with E-state index in [1.165, 1.54) is 17.0 Å². The molecule has 5 heterocycles. The summed E-state index contributed by atoms with van der Waals surface area (Å²) in [6.45, 7) is 6.69. The number of H-pyrrole nitrogens is 1. The highest BCUT2D eigenvalue weighted by Gasteiger charge is 2.40. The van der Waals surface area contributed by atoms with E-state index in [0.29, 0.717) is 66.9 Å². The number of amides is 2. The quantitative estimate of drug-likeness (QED) is 0.0904. The summed E-state index contributed by atoms with van der Waals surface area (Å²) in [6, 6.07) is 15.4. The fourth-order valence-electron chi connectivity index (χ4n) is 9.65. The number of fused-ring (bicyclic) bond motifs is 4. The molecule has 2 unspecified atom stereocenters. The van der Waals surface area contributed by atoms with Crippen LogP contribution < -0.4 is 0 Å². The Bertz CT molecular complexity index is 2430. The van der Waals surface area contributed by atoms with Crippen LogP contribution >= 0.6 is 0 Å². The average molecular weight is 837 g/mol. The minimum atomic E-state index is -2.69. The standard InChI is InChI=1S/C47H48F4N6O4/c1-28-16-32-22-55(23-33(32)18-38(28)47(61)57(27-60)36(26-59)6-5-15-58)35-11-13-54(14-12-35)24-34-10-9-30(21-52-34)31-19-40(48)44(41(49)20-31)46-45-39(17-29(2)56(46)25-43(50)51)37-7-3-4-8-42(37)53-45/h3-4,7-10,15-16,18-21,26-27,29,35-36,43,46,53H,5-6,11-14,17,22-25H2,1-2H3/t29-,36?,46?/m1/s1. The Labute approximate surface area is 351 Å². The van der Waals surface area contributed by atoms with E-state index >= 15 is 8.78 Å². The van der Waals surface area contributed by atoms with Gasteiger partial charge in [-0.15, -0.1) is 0 Å². The van der Waals surface area contributed by atoms with E-state index in [-0.39, 0.29) is 24.4 Å². The number of aryl methyl sites for hydroxylation is 1. The van der Waals surface area contributed by atoms with Gasteiger partial charge in [-0.2, -0.15) is 0 Å².